The maximum atomic E-state index is 12.3. The number of anilines is 2. The van der Waals surface area contributed by atoms with Crippen LogP contribution in [0.3, 0.4) is 0 Å². The van der Waals surface area contributed by atoms with Crippen molar-refractivity contribution in [2.45, 2.75) is 81.3 Å². The number of hydrogen-bond donors (Lipinski definition) is 2. The van der Waals surface area contributed by atoms with E-state index in [0.29, 0.717) is 59.8 Å². The lowest BCUT2D eigenvalue weighted by molar-refractivity contribution is -0.148. The van der Waals surface area contributed by atoms with E-state index in [2.05, 4.69) is 19.9 Å². The van der Waals surface area contributed by atoms with Gasteiger partial charge in [-0.05, 0) is 27.7 Å². The minimum Gasteiger partial charge on any atom is -0.465 e. The normalized spacial score (nSPS) is 12.3. The quantitative estimate of drug-likeness (QED) is 0.116. The molecule has 0 bridgehead atoms. The molecule has 4 N–H and O–H groups in total. The largest absolute Gasteiger partial charge is 0.465 e. The summed E-state index contributed by atoms with van der Waals surface area (Å²) in [5, 5.41) is 0. The molecule has 0 unspecified atom stereocenters. The van der Waals surface area contributed by atoms with Gasteiger partial charge in [0, 0.05) is 57.6 Å². The van der Waals surface area contributed by atoms with Crippen molar-refractivity contribution in [3.63, 3.8) is 0 Å². The van der Waals surface area contributed by atoms with E-state index < -0.39 is 0 Å². The third-order valence-electron chi connectivity index (χ3n) is 6.97. The van der Waals surface area contributed by atoms with E-state index in [9.17, 15) is 19.2 Å². The van der Waals surface area contributed by atoms with Gasteiger partial charge in [0.05, 0.1) is 38.1 Å². The second-order valence-corrected chi connectivity index (χ2v) is 13.8. The van der Waals surface area contributed by atoms with E-state index in [1.54, 1.807) is 67.8 Å². The Balaban J connectivity index is 2.47. The highest BCUT2D eigenvalue weighted by atomic mass is 33.1. The van der Waals surface area contributed by atoms with Crippen molar-refractivity contribution in [1.29, 1.82) is 0 Å². The fraction of sp³-hybridized carbons (Fsp3) is 0.500. The first kappa shape index (κ1) is 40.0. The Morgan fingerprint density at radius 1 is 0.750 bits per heavy atom. The predicted octanol–water partition coefficient (Wildman–Crippen LogP) is 4.69. The number of carbonyl (C=O) groups is 4. The van der Waals surface area contributed by atoms with Crippen LogP contribution in [0.25, 0.3) is 0 Å². The van der Waals surface area contributed by atoms with Crippen LogP contribution in [-0.4, -0.2) is 67.7 Å². The molecular weight excluding hydrogens is 657 g/mol. The van der Waals surface area contributed by atoms with Gasteiger partial charge in [0.1, 0.15) is 23.3 Å². The van der Waals surface area contributed by atoms with Crippen molar-refractivity contribution in [2.75, 3.05) is 24.7 Å². The molecule has 2 aromatic rings. The first-order chi connectivity index (χ1) is 22.7. The number of aryl methyl sites for hydroxylation is 2. The van der Waals surface area contributed by atoms with Crippen LogP contribution in [0.1, 0.15) is 77.2 Å². The van der Waals surface area contributed by atoms with Crippen LogP contribution in [0.5, 0.6) is 0 Å². The summed E-state index contributed by atoms with van der Waals surface area (Å²) in [4.78, 5) is 70.4. The molecule has 0 aromatic carbocycles. The molecule has 2 aromatic heterocycles. The van der Waals surface area contributed by atoms with Gasteiger partial charge in [-0.2, -0.15) is 0 Å². The van der Waals surface area contributed by atoms with Gasteiger partial charge in [-0.25, -0.2) is 19.9 Å². The smallest absolute Gasteiger partial charge is 0.308 e. The Kier molecular flexibility index (Phi) is 16.3. The molecule has 0 saturated heterocycles. The number of carbonyl (C=O) groups excluding carboxylic acids is 4. The lowest BCUT2D eigenvalue weighted by atomic mass is 10.2. The highest BCUT2D eigenvalue weighted by molar-refractivity contribution is 8.79. The third-order valence-corrected chi connectivity index (χ3v) is 9.92. The Bertz CT molecular complexity index is 1400. The average molecular weight is 703 g/mol. The molecule has 2 rings (SSSR count). The number of nitrogens with two attached hydrogens (primary N) is 2. The highest BCUT2D eigenvalue weighted by Gasteiger charge is 2.20. The predicted molar refractivity (Wildman–Crippen MR) is 187 cm³/mol. The minimum atomic E-state index is -0.342. The number of ether oxygens (including phenoxy) is 2. The molecule has 0 spiro atoms. The van der Waals surface area contributed by atoms with Gasteiger partial charge < -0.3 is 30.7 Å². The zero-order chi connectivity index (χ0) is 36.0. The maximum absolute atomic E-state index is 12.3. The Hall–Kier alpha value is -4.18. The van der Waals surface area contributed by atoms with Crippen molar-refractivity contribution < 1.29 is 28.7 Å². The summed E-state index contributed by atoms with van der Waals surface area (Å²) in [6, 6.07) is 0. The molecule has 0 fully saturated rings. The lowest BCUT2D eigenvalue weighted by Crippen LogP contribution is -2.22. The van der Waals surface area contributed by atoms with Crippen LogP contribution < -0.4 is 11.5 Å². The summed E-state index contributed by atoms with van der Waals surface area (Å²) < 4.78 is 10.9. The van der Waals surface area contributed by atoms with Gasteiger partial charge in [0.15, 0.2) is 0 Å². The molecule has 48 heavy (non-hydrogen) atoms. The van der Waals surface area contributed by atoms with E-state index >= 15 is 0 Å². The maximum Gasteiger partial charge on any atom is 0.308 e. The van der Waals surface area contributed by atoms with E-state index in [1.807, 2.05) is 0 Å². The monoisotopic (exact) mass is 702 g/mol. The fourth-order valence-corrected chi connectivity index (χ4v) is 6.75. The van der Waals surface area contributed by atoms with E-state index in [1.165, 1.54) is 31.4 Å². The number of amides is 2. The van der Waals surface area contributed by atoms with Crippen molar-refractivity contribution >= 4 is 58.0 Å². The summed E-state index contributed by atoms with van der Waals surface area (Å²) in [5.41, 5.74) is 14.6. The Morgan fingerprint density at radius 2 is 1.10 bits per heavy atom. The number of nitrogen functional groups attached to an aromatic ring is 2. The van der Waals surface area contributed by atoms with Gasteiger partial charge in [0.25, 0.3) is 0 Å². The van der Waals surface area contributed by atoms with E-state index in [4.69, 9.17) is 20.9 Å². The molecule has 262 valence electrons. The van der Waals surface area contributed by atoms with Crippen LogP contribution in [0.4, 0.5) is 11.6 Å². The minimum absolute atomic E-state index is 0.0803. The second-order valence-electron chi connectivity index (χ2n) is 11.5. The van der Waals surface area contributed by atoms with Crippen molar-refractivity contribution in [3.8, 4) is 0 Å². The fourth-order valence-electron chi connectivity index (χ4n) is 3.91. The van der Waals surface area contributed by atoms with Crippen molar-refractivity contribution in [3.05, 3.63) is 56.4 Å². The molecule has 0 atom stereocenters. The zero-order valence-electron chi connectivity index (χ0n) is 28.8. The SMILES string of the molecule is C/C(=C(/CCOC(=O)C(C)C)SS/C(CCOC(=O)C(C)C)=C(\C)N(C=O)Cc1cnc(C)nc1N)N(C=O)Cc1cnc(C)nc1N. The molecular formula is C32H46N8O6S2. The average Bonchev–Trinajstić information content (AvgIpc) is 3.03. The number of rotatable bonds is 19. The summed E-state index contributed by atoms with van der Waals surface area (Å²) >= 11 is 0. The number of aromatic nitrogens is 4. The molecule has 0 aliphatic carbocycles. The molecule has 0 aliphatic heterocycles. The van der Waals surface area contributed by atoms with Gasteiger partial charge in [-0.3, -0.25) is 19.2 Å². The van der Waals surface area contributed by atoms with Gasteiger partial charge in [0.2, 0.25) is 12.8 Å². The van der Waals surface area contributed by atoms with Gasteiger partial charge in [-0.1, -0.05) is 49.3 Å². The summed E-state index contributed by atoms with van der Waals surface area (Å²) in [6.45, 7) is 14.4. The van der Waals surface area contributed by atoms with Crippen LogP contribution in [0.2, 0.25) is 0 Å². The first-order valence-electron chi connectivity index (χ1n) is 15.3. The number of hydrogen-bond acceptors (Lipinski definition) is 14. The molecule has 0 radical (unpaired) electrons. The molecule has 14 nitrogen and oxygen atoms in total. The lowest BCUT2D eigenvalue weighted by Gasteiger charge is -2.24. The summed E-state index contributed by atoms with van der Waals surface area (Å²) in [5.74, 6) is 0.266. The number of allylic oxidation sites excluding steroid dienone is 2. The number of nitrogens with zero attached hydrogens (tertiary/aromatic N) is 6. The summed E-state index contributed by atoms with van der Waals surface area (Å²) in [6.07, 6.45) is 5.14. The Morgan fingerprint density at radius 3 is 1.40 bits per heavy atom. The van der Waals surface area contributed by atoms with E-state index in [0.717, 1.165) is 9.81 Å². The van der Waals surface area contributed by atoms with E-state index in [-0.39, 0.29) is 61.7 Å². The first-order valence-corrected chi connectivity index (χ1v) is 17.5. The van der Waals surface area contributed by atoms with Crippen LogP contribution in [0.15, 0.2) is 33.6 Å². The highest BCUT2D eigenvalue weighted by Crippen LogP contribution is 2.43. The molecule has 16 heteroatoms. The van der Waals surface area contributed by atoms with Crippen LogP contribution in [0, 0.1) is 25.7 Å². The molecule has 0 aliphatic rings. The van der Waals surface area contributed by atoms with Gasteiger partial charge >= 0.3 is 11.9 Å². The van der Waals surface area contributed by atoms with Gasteiger partial charge in [-0.15, -0.1) is 0 Å². The second kappa shape index (κ2) is 19.6. The van der Waals surface area contributed by atoms with Crippen molar-refractivity contribution in [1.82, 2.24) is 29.7 Å². The summed E-state index contributed by atoms with van der Waals surface area (Å²) in [7, 11) is 2.69. The standard InChI is InChI=1S/C32H46N8O6S2/c1-19(2)31(43)45-11-9-27(21(5)39(17-41)15-25-13-35-23(7)37-29(25)33)47-48-28(10-12-46-32(44)20(3)4)22(6)40(18-42)16-26-14-36-24(8)38-30(26)34/h13-14,17-20H,9-12,15-16H2,1-8H3,(H2,33,35,37)(H2,34,36,38)/b27-21+,28-22+. The Labute approximate surface area is 289 Å². The number of esters is 2. The van der Waals surface area contributed by atoms with Crippen LogP contribution >= 0.6 is 21.6 Å². The topological polar surface area (TPSA) is 197 Å². The molecule has 0 saturated carbocycles. The molecule has 2 heterocycles. The zero-order valence-corrected chi connectivity index (χ0v) is 30.4. The van der Waals surface area contributed by atoms with Crippen molar-refractivity contribution in [2.24, 2.45) is 11.8 Å². The van der Waals surface area contributed by atoms with Crippen LogP contribution in [-0.2, 0) is 41.7 Å². The molecule has 2 amide bonds. The third kappa shape index (κ3) is 12.4.